The van der Waals surface area contributed by atoms with Gasteiger partial charge in [-0.15, -0.1) is 0 Å². The molecule has 0 radical (unpaired) electrons. The molecule has 0 atom stereocenters. The van der Waals surface area contributed by atoms with Crippen molar-refractivity contribution in [3.63, 3.8) is 0 Å². The van der Waals surface area contributed by atoms with Gasteiger partial charge >= 0.3 is 0 Å². The van der Waals surface area contributed by atoms with Gasteiger partial charge in [0.1, 0.15) is 0 Å². The molecule has 0 bridgehead atoms. The van der Waals surface area contributed by atoms with E-state index in [1.54, 1.807) is 0 Å². The Hall–Kier alpha value is -14.2. The molecule has 7 heteroatoms. The molecule has 2 aromatic heterocycles. The molecule has 20 rings (SSSR count). The highest BCUT2D eigenvalue weighted by Crippen LogP contribution is 2.58. The molecule has 0 aliphatic carbocycles. The quantitative estimate of drug-likeness (QED) is 0.121. The Bertz CT molecular complexity index is 7190. The van der Waals surface area contributed by atoms with Crippen molar-refractivity contribution in [1.29, 1.82) is 10.5 Å². The predicted octanol–water partition coefficient (Wildman–Crippen LogP) is 33.8. The van der Waals surface area contributed by atoms with E-state index >= 15 is 0 Å². The monoisotopic (exact) mass is 1780 g/mol. The van der Waals surface area contributed by atoms with E-state index in [9.17, 15) is 10.5 Å². The van der Waals surface area contributed by atoms with Crippen LogP contribution in [0, 0.1) is 22.7 Å². The van der Waals surface area contributed by atoms with Crippen molar-refractivity contribution in [3.05, 3.63) is 377 Å². The van der Waals surface area contributed by atoms with Crippen LogP contribution in [0.25, 0.3) is 133 Å². The van der Waals surface area contributed by atoms with Crippen molar-refractivity contribution >= 4 is 101 Å². The minimum Gasteiger partial charge on any atom is -0.310 e. The molecule has 0 unspecified atom stereocenters. The summed E-state index contributed by atoms with van der Waals surface area (Å²) in [6, 6.07) is 129. The summed E-state index contributed by atoms with van der Waals surface area (Å²) in [5.74, 6) is 0. The van der Waals surface area contributed by atoms with Gasteiger partial charge in [0.2, 0.25) is 0 Å². The second-order valence-electron chi connectivity index (χ2n) is 47.0. The third kappa shape index (κ3) is 16.1. The average molecular weight is 1780 g/mol. The van der Waals surface area contributed by atoms with E-state index in [-0.39, 0.29) is 43.3 Å². The van der Waals surface area contributed by atoms with Gasteiger partial charge < -0.3 is 18.9 Å². The average Bonchev–Trinajstić information content (AvgIpc) is 1.30. The zero-order chi connectivity index (χ0) is 96.6. The predicted molar refractivity (Wildman–Crippen MR) is 586 cm³/mol. The normalized spacial score (nSPS) is 13.2. The second kappa shape index (κ2) is 32.8. The summed E-state index contributed by atoms with van der Waals surface area (Å²) in [7, 11) is 0. The first-order valence-corrected chi connectivity index (χ1v) is 49.0. The SMILES string of the molecule is CC(C)(C)c1cc(-c2cc(-c3ccccc3C#N)cc(-c3cc(C(C)(C)C)cc(C(C)(C)C)c3)c2N2c3cc(-n4c5ccccc5c5ccccc54)ccc3B3c4ccc(-n5c6ccccc6c6ccccc65)cc4N(c4c(-c5cc(C(C)(C)C)cc(C(C)(C)C)c5)cc(-c5ccccc5C#N)cc4-c4cc(C(C)(C)C)cc(C(C)(C)C)c4)c4cc(-c5ccccc5)cc2c43)cc(C(C)(C)C)c1. The highest BCUT2D eigenvalue weighted by molar-refractivity contribution is 7.00. The van der Waals surface area contributed by atoms with E-state index in [1.165, 1.54) is 66.1 Å². The first-order valence-electron chi connectivity index (χ1n) is 49.0. The van der Waals surface area contributed by atoms with Crippen LogP contribution < -0.4 is 26.2 Å². The molecule has 2 aliphatic heterocycles. The van der Waals surface area contributed by atoms with Gasteiger partial charge in [0.25, 0.3) is 6.71 Å². The van der Waals surface area contributed by atoms with Crippen LogP contribution in [0.1, 0.15) is 222 Å². The van der Waals surface area contributed by atoms with E-state index in [2.05, 4.69) is 494 Å². The van der Waals surface area contributed by atoms with Crippen LogP contribution in [0.3, 0.4) is 0 Å². The number of nitriles is 2. The lowest BCUT2D eigenvalue weighted by molar-refractivity contribution is 0.568. The maximum Gasteiger partial charge on any atom is 0.252 e. The molecule has 137 heavy (non-hydrogen) atoms. The summed E-state index contributed by atoms with van der Waals surface area (Å²) in [6.45, 7) is 56.1. The maximum absolute atomic E-state index is 11.6. The molecule has 0 amide bonds. The first kappa shape index (κ1) is 90.6. The van der Waals surface area contributed by atoms with Gasteiger partial charge in [0.15, 0.2) is 0 Å². The van der Waals surface area contributed by atoms with Gasteiger partial charge in [-0.1, -0.05) is 391 Å². The fourth-order valence-corrected chi connectivity index (χ4v) is 21.1. The Morgan fingerprint density at radius 1 is 0.212 bits per heavy atom. The van der Waals surface area contributed by atoms with Crippen LogP contribution in [0.2, 0.25) is 0 Å². The lowest BCUT2D eigenvalue weighted by Gasteiger charge is -2.46. The number of fused-ring (bicyclic) bond motifs is 10. The molecule has 6 nitrogen and oxygen atoms in total. The Labute approximate surface area is 812 Å². The summed E-state index contributed by atoms with van der Waals surface area (Å²) >= 11 is 0. The van der Waals surface area contributed by atoms with Crippen LogP contribution >= 0.6 is 0 Å². The Morgan fingerprint density at radius 2 is 0.460 bits per heavy atom. The van der Waals surface area contributed by atoms with E-state index in [0.29, 0.717) is 11.1 Å². The van der Waals surface area contributed by atoms with E-state index in [4.69, 9.17) is 0 Å². The number of para-hydroxylation sites is 4. The molecule has 678 valence electrons. The third-order valence-corrected chi connectivity index (χ3v) is 29.1. The first-order chi connectivity index (χ1) is 64.9. The van der Waals surface area contributed by atoms with Gasteiger partial charge in [0.05, 0.1) is 56.7 Å². The standard InChI is InChI=1S/C130H125BN6/c1-123(2,3)90-58-84(59-91(72-90)124(4,5)6)106-66-88(100-44-30-28-42-81(100)78-132)67-107(85-60-92(125(7,8)9)73-93(61-85)126(10,11)12)121(106)136-116-76-98(134-112-50-36-32-46-102(112)103-47-33-37-51-113(103)134)54-56-110(116)131-111-57-55-99(135-114-52-38-34-48-104(114)105-49-35-39-53-115(105)135)77-117(111)137(119-71-83(70-118(136)120(119)131)80-40-26-25-27-41-80)122-108(86-62-94(127(13,14)15)74-95(63-86)128(16,17)18)68-89(101-45-31-29-43-82(101)79-133)69-109(122)87-64-96(129(19,20)21)75-97(65-87)130(22,23)24/h25-77H,1-24H3. The molecule has 0 spiro atoms. The van der Waals surface area contributed by atoms with E-state index in [1.807, 2.05) is 24.3 Å². The van der Waals surface area contributed by atoms with E-state index < -0.39 is 6.71 Å². The lowest BCUT2D eigenvalue weighted by atomic mass is 9.33. The number of benzene rings is 16. The maximum atomic E-state index is 11.6. The van der Waals surface area contributed by atoms with Crippen LogP contribution in [0.4, 0.5) is 34.1 Å². The Kier molecular flexibility index (Phi) is 21.7. The van der Waals surface area contributed by atoms with Crippen molar-refractivity contribution in [3.8, 4) is 101 Å². The number of hydrogen-bond acceptors (Lipinski definition) is 4. The van der Waals surface area contributed by atoms with Crippen LogP contribution in [0.5, 0.6) is 0 Å². The molecule has 4 heterocycles. The van der Waals surface area contributed by atoms with Gasteiger partial charge in [-0.3, -0.25) is 0 Å². The van der Waals surface area contributed by atoms with Crippen molar-refractivity contribution in [2.75, 3.05) is 9.80 Å². The van der Waals surface area contributed by atoms with Crippen molar-refractivity contribution < 1.29 is 0 Å². The van der Waals surface area contributed by atoms with Crippen LogP contribution in [-0.2, 0) is 43.3 Å². The number of nitrogens with zero attached hydrogens (tertiary/aromatic N) is 6. The third-order valence-electron chi connectivity index (χ3n) is 29.1. The lowest BCUT2D eigenvalue weighted by Crippen LogP contribution is -2.61. The van der Waals surface area contributed by atoms with Gasteiger partial charge in [-0.05, 0) is 257 Å². The Morgan fingerprint density at radius 3 is 0.730 bits per heavy atom. The van der Waals surface area contributed by atoms with Crippen molar-refractivity contribution in [2.45, 2.75) is 209 Å². The van der Waals surface area contributed by atoms with E-state index in [0.717, 1.165) is 162 Å². The molecule has 2 aliphatic rings. The minimum absolute atomic E-state index is 0.296. The van der Waals surface area contributed by atoms with Gasteiger partial charge in [0, 0.05) is 77.9 Å². The van der Waals surface area contributed by atoms with Crippen LogP contribution in [0.15, 0.2) is 322 Å². The van der Waals surface area contributed by atoms with Crippen molar-refractivity contribution in [2.24, 2.45) is 0 Å². The highest BCUT2D eigenvalue weighted by Gasteiger charge is 2.47. The topological polar surface area (TPSA) is 63.9 Å². The van der Waals surface area contributed by atoms with Crippen molar-refractivity contribution in [1.82, 2.24) is 9.13 Å². The zero-order valence-electron chi connectivity index (χ0n) is 84.4. The van der Waals surface area contributed by atoms with Gasteiger partial charge in [-0.2, -0.15) is 10.5 Å². The molecule has 16 aromatic carbocycles. The summed E-state index contributed by atoms with van der Waals surface area (Å²) in [6.07, 6.45) is 0. The zero-order valence-corrected chi connectivity index (χ0v) is 84.4. The largest absolute Gasteiger partial charge is 0.310 e. The molecule has 0 saturated heterocycles. The number of anilines is 6. The smallest absolute Gasteiger partial charge is 0.252 e. The van der Waals surface area contributed by atoms with Crippen LogP contribution in [-0.4, -0.2) is 15.8 Å². The fourth-order valence-electron chi connectivity index (χ4n) is 21.1. The highest BCUT2D eigenvalue weighted by atomic mass is 15.2. The Balaban J connectivity index is 1.06. The fraction of sp³-hybridized carbons (Fsp3) is 0.246. The number of hydrogen-bond donors (Lipinski definition) is 0. The minimum atomic E-state index is -0.439. The summed E-state index contributed by atoms with van der Waals surface area (Å²) in [4.78, 5) is 5.51. The molecule has 0 saturated carbocycles. The molecular formula is C130H125BN6. The number of rotatable bonds is 11. The second-order valence-corrected chi connectivity index (χ2v) is 47.0. The molecule has 0 fully saturated rings. The summed E-state index contributed by atoms with van der Waals surface area (Å²) in [5.41, 5.74) is 38.8. The molecular weight excluding hydrogens is 1660 g/mol. The molecule has 0 N–H and O–H groups in total. The summed E-state index contributed by atoms with van der Waals surface area (Å²) in [5, 5.41) is 28.0. The molecule has 18 aromatic rings. The summed E-state index contributed by atoms with van der Waals surface area (Å²) < 4.78 is 5.02. The number of aromatic nitrogens is 2. The van der Waals surface area contributed by atoms with Gasteiger partial charge in [-0.25, -0.2) is 0 Å².